The lowest BCUT2D eigenvalue weighted by molar-refractivity contribution is -0.119. The van der Waals surface area contributed by atoms with Crippen LogP contribution >= 0.6 is 15.9 Å². The Morgan fingerprint density at radius 2 is 1.69 bits per heavy atom. The van der Waals surface area contributed by atoms with Crippen molar-refractivity contribution in [1.82, 2.24) is 4.90 Å². The number of fused-ring (bicyclic) bond motifs is 1. The first-order chi connectivity index (χ1) is 13.9. The molecule has 1 heterocycles. The minimum Gasteiger partial charge on any atom is -0.490 e. The minimum absolute atomic E-state index is 0.0845. The van der Waals surface area contributed by atoms with Crippen LogP contribution in [0.25, 0.3) is 0 Å². The van der Waals surface area contributed by atoms with Crippen molar-refractivity contribution < 1.29 is 19.1 Å². The zero-order chi connectivity index (χ0) is 20.8. The number of benzene rings is 2. The Morgan fingerprint density at radius 1 is 1.00 bits per heavy atom. The van der Waals surface area contributed by atoms with Gasteiger partial charge >= 0.3 is 0 Å². The number of likely N-dealkylation sites (N-methyl/N-ethyl adjacent to an activating group) is 1. The molecule has 154 valence electrons. The highest BCUT2D eigenvalue weighted by molar-refractivity contribution is 9.10. The molecule has 0 fully saturated rings. The first-order valence-corrected chi connectivity index (χ1v) is 10.1. The van der Waals surface area contributed by atoms with E-state index in [9.17, 15) is 9.59 Å². The fourth-order valence-corrected chi connectivity index (χ4v) is 3.42. The highest BCUT2D eigenvalue weighted by Gasteiger charge is 2.14. The lowest BCUT2D eigenvalue weighted by Gasteiger charge is -2.17. The third kappa shape index (κ3) is 6.20. The number of aryl methyl sites for hydroxylation is 1. The van der Waals surface area contributed by atoms with E-state index in [2.05, 4.69) is 26.6 Å². The smallest absolute Gasteiger partial charge is 0.238 e. The van der Waals surface area contributed by atoms with Gasteiger partial charge < -0.3 is 20.1 Å². The SMILES string of the molecule is Cc1cc(Br)ccc1NC(=O)CN(C)CC(=O)Nc1ccc2c(c1)OCCCO2. The first kappa shape index (κ1) is 21.1. The molecule has 29 heavy (non-hydrogen) atoms. The van der Waals surface area contributed by atoms with Gasteiger partial charge in [-0.05, 0) is 49.9 Å². The average Bonchev–Trinajstić information content (AvgIpc) is 2.88. The largest absolute Gasteiger partial charge is 0.490 e. The summed E-state index contributed by atoms with van der Waals surface area (Å²) in [5.74, 6) is 0.909. The Bertz CT molecular complexity index is 903. The molecule has 1 aliphatic rings. The molecule has 2 N–H and O–H groups in total. The Morgan fingerprint density at radius 3 is 2.41 bits per heavy atom. The third-order valence-electron chi connectivity index (χ3n) is 4.32. The van der Waals surface area contributed by atoms with Crippen LogP contribution in [0.15, 0.2) is 40.9 Å². The number of nitrogens with zero attached hydrogens (tertiary/aromatic N) is 1. The summed E-state index contributed by atoms with van der Waals surface area (Å²) in [6, 6.07) is 11.0. The molecule has 0 saturated carbocycles. The number of nitrogens with one attached hydrogen (secondary N) is 2. The average molecular weight is 462 g/mol. The zero-order valence-corrected chi connectivity index (χ0v) is 18.0. The van der Waals surface area contributed by atoms with Crippen LogP contribution in [0.5, 0.6) is 11.5 Å². The van der Waals surface area contributed by atoms with E-state index in [0.29, 0.717) is 30.4 Å². The fourth-order valence-electron chi connectivity index (χ4n) is 2.94. The maximum absolute atomic E-state index is 12.3. The molecule has 0 saturated heterocycles. The van der Waals surface area contributed by atoms with Gasteiger partial charge in [0, 0.05) is 28.3 Å². The standard InChI is InChI=1S/C21H24BrN3O4/c1-14-10-15(22)4-6-17(14)24-21(27)13-25(2)12-20(26)23-16-5-7-18-19(11-16)29-9-3-8-28-18/h4-7,10-11H,3,8-9,12-13H2,1-2H3,(H,23,26)(H,24,27). The highest BCUT2D eigenvalue weighted by Crippen LogP contribution is 2.32. The quantitative estimate of drug-likeness (QED) is 0.688. The predicted octanol–water partition coefficient (Wildman–Crippen LogP) is 3.43. The molecule has 1 aliphatic heterocycles. The van der Waals surface area contributed by atoms with E-state index in [1.807, 2.05) is 25.1 Å². The van der Waals surface area contributed by atoms with Gasteiger partial charge in [-0.15, -0.1) is 0 Å². The Kier molecular flexibility index (Phi) is 7.11. The van der Waals surface area contributed by atoms with Crippen LogP contribution in [0.1, 0.15) is 12.0 Å². The summed E-state index contributed by atoms with van der Waals surface area (Å²) in [4.78, 5) is 26.2. The number of hydrogen-bond acceptors (Lipinski definition) is 5. The van der Waals surface area contributed by atoms with E-state index in [-0.39, 0.29) is 24.9 Å². The molecule has 0 atom stereocenters. The molecule has 0 radical (unpaired) electrons. The monoisotopic (exact) mass is 461 g/mol. The van der Waals surface area contributed by atoms with Crippen LogP contribution < -0.4 is 20.1 Å². The topological polar surface area (TPSA) is 79.9 Å². The molecule has 2 aromatic carbocycles. The Labute approximate surface area is 178 Å². The lowest BCUT2D eigenvalue weighted by Crippen LogP contribution is -2.36. The molecule has 7 nitrogen and oxygen atoms in total. The lowest BCUT2D eigenvalue weighted by atomic mass is 10.2. The number of amides is 2. The van der Waals surface area contributed by atoms with Crippen molar-refractivity contribution in [3.8, 4) is 11.5 Å². The number of carbonyl (C=O) groups is 2. The van der Waals surface area contributed by atoms with Crippen molar-refractivity contribution in [1.29, 1.82) is 0 Å². The van der Waals surface area contributed by atoms with E-state index in [0.717, 1.165) is 22.1 Å². The number of hydrogen-bond donors (Lipinski definition) is 2. The van der Waals surface area contributed by atoms with Gasteiger partial charge in [0.2, 0.25) is 11.8 Å². The van der Waals surface area contributed by atoms with Crippen LogP contribution in [-0.2, 0) is 9.59 Å². The maximum Gasteiger partial charge on any atom is 0.238 e. The molecule has 2 aromatic rings. The van der Waals surface area contributed by atoms with Crippen LogP contribution in [0.2, 0.25) is 0 Å². The van der Waals surface area contributed by atoms with E-state index in [1.165, 1.54) is 0 Å². The van der Waals surface area contributed by atoms with E-state index in [1.54, 1.807) is 30.1 Å². The number of rotatable bonds is 6. The molecule has 2 amide bonds. The van der Waals surface area contributed by atoms with Gasteiger partial charge in [0.25, 0.3) is 0 Å². The summed E-state index contributed by atoms with van der Waals surface area (Å²) in [5.41, 5.74) is 2.34. The predicted molar refractivity (Wildman–Crippen MR) is 116 cm³/mol. The van der Waals surface area contributed by atoms with Crippen LogP contribution in [-0.4, -0.2) is 50.1 Å². The highest BCUT2D eigenvalue weighted by atomic mass is 79.9. The van der Waals surface area contributed by atoms with Gasteiger partial charge in [0.1, 0.15) is 0 Å². The Hall–Kier alpha value is -2.58. The second-order valence-electron chi connectivity index (χ2n) is 6.94. The van der Waals surface area contributed by atoms with Gasteiger partial charge in [-0.2, -0.15) is 0 Å². The summed E-state index contributed by atoms with van der Waals surface area (Å²) in [6.07, 6.45) is 0.822. The van der Waals surface area contributed by atoms with E-state index >= 15 is 0 Å². The zero-order valence-electron chi connectivity index (χ0n) is 16.5. The summed E-state index contributed by atoms with van der Waals surface area (Å²) in [6.45, 7) is 3.31. The summed E-state index contributed by atoms with van der Waals surface area (Å²) >= 11 is 3.40. The first-order valence-electron chi connectivity index (χ1n) is 9.35. The molecule has 0 spiro atoms. The third-order valence-corrected chi connectivity index (χ3v) is 4.81. The Balaban J connectivity index is 1.50. The van der Waals surface area contributed by atoms with Crippen molar-refractivity contribution in [3.63, 3.8) is 0 Å². The maximum atomic E-state index is 12.3. The second-order valence-corrected chi connectivity index (χ2v) is 7.86. The number of halogens is 1. The van der Waals surface area contributed by atoms with E-state index < -0.39 is 0 Å². The number of ether oxygens (including phenoxy) is 2. The van der Waals surface area contributed by atoms with Crippen molar-refractivity contribution in [2.45, 2.75) is 13.3 Å². The van der Waals surface area contributed by atoms with Crippen molar-refractivity contribution in [2.75, 3.05) is 44.0 Å². The summed E-state index contributed by atoms with van der Waals surface area (Å²) < 4.78 is 12.2. The number of anilines is 2. The number of carbonyl (C=O) groups excluding carboxylic acids is 2. The molecule has 0 aromatic heterocycles. The van der Waals surface area contributed by atoms with Gasteiger partial charge in [0.15, 0.2) is 11.5 Å². The van der Waals surface area contributed by atoms with E-state index in [4.69, 9.17) is 9.47 Å². The van der Waals surface area contributed by atoms with Crippen molar-refractivity contribution in [3.05, 3.63) is 46.4 Å². The molecular formula is C21H24BrN3O4. The van der Waals surface area contributed by atoms with Crippen LogP contribution in [0.3, 0.4) is 0 Å². The molecule has 8 heteroatoms. The molecule has 0 unspecified atom stereocenters. The molecule has 3 rings (SSSR count). The second kappa shape index (κ2) is 9.76. The van der Waals surface area contributed by atoms with Crippen molar-refractivity contribution in [2.24, 2.45) is 0 Å². The molecular weight excluding hydrogens is 438 g/mol. The normalized spacial score (nSPS) is 13.0. The minimum atomic E-state index is -0.213. The van der Waals surface area contributed by atoms with Crippen LogP contribution in [0.4, 0.5) is 11.4 Å². The van der Waals surface area contributed by atoms with Gasteiger partial charge in [-0.3, -0.25) is 14.5 Å². The van der Waals surface area contributed by atoms with Crippen molar-refractivity contribution >= 4 is 39.1 Å². The van der Waals surface area contributed by atoms with Crippen LogP contribution in [0, 0.1) is 6.92 Å². The summed E-state index contributed by atoms with van der Waals surface area (Å²) in [7, 11) is 1.72. The fraction of sp³-hybridized carbons (Fsp3) is 0.333. The van der Waals surface area contributed by atoms with Gasteiger partial charge in [-0.1, -0.05) is 15.9 Å². The summed E-state index contributed by atoms with van der Waals surface area (Å²) in [5, 5.41) is 5.70. The molecule has 0 bridgehead atoms. The van der Waals surface area contributed by atoms with Gasteiger partial charge in [-0.25, -0.2) is 0 Å². The van der Waals surface area contributed by atoms with Gasteiger partial charge in [0.05, 0.1) is 26.3 Å². The molecule has 0 aliphatic carbocycles.